The van der Waals surface area contributed by atoms with Crippen molar-refractivity contribution in [2.24, 2.45) is 0 Å². The van der Waals surface area contributed by atoms with E-state index in [1.807, 2.05) is 24.5 Å². The molecule has 0 saturated heterocycles. The molecule has 0 bridgehead atoms. The molecule has 0 saturated carbocycles. The summed E-state index contributed by atoms with van der Waals surface area (Å²) in [5, 5.41) is 13.2. The van der Waals surface area contributed by atoms with Crippen LogP contribution in [0.25, 0.3) is 0 Å². The Bertz CT molecular complexity index is 624. The molecule has 0 aliphatic rings. The highest BCUT2D eigenvalue weighted by Crippen LogP contribution is 2.20. The third-order valence-corrected chi connectivity index (χ3v) is 3.18. The molecule has 2 rings (SSSR count). The van der Waals surface area contributed by atoms with Gasteiger partial charge in [-0.25, -0.2) is 0 Å². The van der Waals surface area contributed by atoms with Crippen molar-refractivity contribution in [3.8, 4) is 0 Å². The van der Waals surface area contributed by atoms with Crippen LogP contribution in [0.1, 0.15) is 10.5 Å². The minimum absolute atomic E-state index is 0.136. The lowest BCUT2D eigenvalue weighted by Crippen LogP contribution is -2.12. The quantitative estimate of drug-likeness (QED) is 0.511. The lowest BCUT2D eigenvalue weighted by Gasteiger charge is -2.04. The van der Waals surface area contributed by atoms with Gasteiger partial charge < -0.3 is 10.3 Å². The second-order valence-electron chi connectivity index (χ2n) is 3.71. The molecule has 0 aliphatic carbocycles. The van der Waals surface area contributed by atoms with E-state index in [2.05, 4.69) is 10.3 Å². The van der Waals surface area contributed by atoms with Crippen molar-refractivity contribution < 1.29 is 9.72 Å². The van der Waals surface area contributed by atoms with Crippen LogP contribution < -0.4 is 5.32 Å². The minimum atomic E-state index is -0.554. The lowest BCUT2D eigenvalue weighted by molar-refractivity contribution is -0.384. The van der Waals surface area contributed by atoms with Gasteiger partial charge in [0.15, 0.2) is 0 Å². The van der Waals surface area contributed by atoms with E-state index in [1.165, 1.54) is 12.3 Å². The fourth-order valence-corrected chi connectivity index (χ4v) is 1.98. The van der Waals surface area contributed by atoms with Crippen LogP contribution in [0, 0.1) is 10.1 Å². The summed E-state index contributed by atoms with van der Waals surface area (Å²) in [6.45, 7) is 0. The number of carbonyl (C=O) groups excluding carboxylic acids is 1. The first-order valence-electron chi connectivity index (χ1n) is 5.38. The number of rotatable bonds is 4. The summed E-state index contributed by atoms with van der Waals surface area (Å²) in [5.41, 5.74) is 0.665. The Morgan fingerprint density at radius 3 is 2.84 bits per heavy atom. The van der Waals surface area contributed by atoms with Gasteiger partial charge in [-0.1, -0.05) is 6.07 Å². The number of aromatic amines is 1. The Balaban J connectivity index is 2.13. The number of H-pyrrole nitrogens is 1. The number of hydrogen-bond acceptors (Lipinski definition) is 4. The van der Waals surface area contributed by atoms with E-state index >= 15 is 0 Å². The van der Waals surface area contributed by atoms with E-state index in [0.29, 0.717) is 5.69 Å². The van der Waals surface area contributed by atoms with Gasteiger partial charge in [0.05, 0.1) is 11.1 Å². The molecule has 0 aliphatic heterocycles. The first kappa shape index (κ1) is 13.2. The van der Waals surface area contributed by atoms with Crippen LogP contribution in [-0.4, -0.2) is 22.1 Å². The van der Waals surface area contributed by atoms with Crippen LogP contribution in [0.4, 0.5) is 11.4 Å². The number of carbonyl (C=O) groups is 1. The molecule has 0 fully saturated rings. The summed E-state index contributed by atoms with van der Waals surface area (Å²) in [5.74, 6) is -0.411. The van der Waals surface area contributed by atoms with Crippen LogP contribution in [0.3, 0.4) is 0 Å². The highest BCUT2D eigenvalue weighted by Gasteiger charge is 2.14. The number of benzene rings is 1. The smallest absolute Gasteiger partial charge is 0.287 e. The zero-order valence-electron chi connectivity index (χ0n) is 10.0. The van der Waals surface area contributed by atoms with Gasteiger partial charge in [-0.3, -0.25) is 14.9 Å². The molecular formula is C12H11N3O3S. The van der Waals surface area contributed by atoms with Gasteiger partial charge in [-0.2, -0.15) is 0 Å². The van der Waals surface area contributed by atoms with E-state index in [9.17, 15) is 14.9 Å². The molecule has 1 amide bonds. The van der Waals surface area contributed by atoms with Crippen LogP contribution in [0.2, 0.25) is 0 Å². The van der Waals surface area contributed by atoms with Crippen molar-refractivity contribution >= 4 is 29.0 Å². The van der Waals surface area contributed by atoms with E-state index in [0.717, 1.165) is 4.90 Å². The average molecular weight is 277 g/mol. The molecule has 0 atom stereocenters. The Morgan fingerprint density at radius 1 is 1.42 bits per heavy atom. The first-order valence-corrected chi connectivity index (χ1v) is 6.61. The van der Waals surface area contributed by atoms with Crippen molar-refractivity contribution in [2.45, 2.75) is 4.90 Å². The summed E-state index contributed by atoms with van der Waals surface area (Å²) in [7, 11) is 0. The molecule has 0 unspecified atom stereocenters. The van der Waals surface area contributed by atoms with Gasteiger partial charge in [0, 0.05) is 16.6 Å². The predicted molar refractivity (Wildman–Crippen MR) is 73.6 cm³/mol. The molecule has 2 aromatic rings. The maximum atomic E-state index is 11.9. The molecule has 1 aromatic heterocycles. The molecule has 2 N–H and O–H groups in total. The van der Waals surface area contributed by atoms with E-state index < -0.39 is 10.8 Å². The number of anilines is 1. The number of thioether (sulfide) groups is 1. The molecule has 0 radical (unpaired) electrons. The molecule has 1 heterocycles. The number of aromatic nitrogens is 1. The molecule has 7 heteroatoms. The van der Waals surface area contributed by atoms with Crippen LogP contribution in [0.15, 0.2) is 41.4 Å². The van der Waals surface area contributed by atoms with E-state index in [4.69, 9.17) is 0 Å². The van der Waals surface area contributed by atoms with Gasteiger partial charge in [-0.05, 0) is 24.5 Å². The number of nitrogens with one attached hydrogen (secondary N) is 2. The molecule has 19 heavy (non-hydrogen) atoms. The molecule has 1 aromatic carbocycles. The van der Waals surface area contributed by atoms with Crippen LogP contribution >= 0.6 is 11.8 Å². The van der Waals surface area contributed by atoms with Gasteiger partial charge in [-0.15, -0.1) is 11.8 Å². The SMILES string of the molecule is CSc1cccc(NC(=O)c2cc([N+](=O)[O-])c[nH]2)c1. The van der Waals surface area contributed by atoms with Gasteiger partial charge in [0.25, 0.3) is 11.6 Å². The molecular weight excluding hydrogens is 266 g/mol. The predicted octanol–water partition coefficient (Wildman–Crippen LogP) is 2.90. The highest BCUT2D eigenvalue weighted by molar-refractivity contribution is 7.98. The van der Waals surface area contributed by atoms with Gasteiger partial charge >= 0.3 is 0 Å². The van der Waals surface area contributed by atoms with Gasteiger partial charge in [0.1, 0.15) is 5.69 Å². The Kier molecular flexibility index (Phi) is 3.86. The molecule has 6 nitrogen and oxygen atoms in total. The van der Waals surface area contributed by atoms with Crippen molar-refractivity contribution in [3.05, 3.63) is 52.3 Å². The maximum Gasteiger partial charge on any atom is 0.287 e. The standard InChI is InChI=1S/C12H11N3O3S/c1-19-10-4-2-3-8(5-10)14-12(16)11-6-9(7-13-11)15(17)18/h2-7,13H,1H3,(H,14,16). The lowest BCUT2D eigenvalue weighted by atomic mass is 10.3. The molecule has 98 valence electrons. The summed E-state index contributed by atoms with van der Waals surface area (Å²) in [6.07, 6.45) is 3.13. The van der Waals surface area contributed by atoms with Crippen LogP contribution in [0.5, 0.6) is 0 Å². The monoisotopic (exact) mass is 277 g/mol. The third kappa shape index (κ3) is 3.14. The second-order valence-corrected chi connectivity index (χ2v) is 4.59. The zero-order valence-corrected chi connectivity index (χ0v) is 10.9. The van der Waals surface area contributed by atoms with Crippen molar-refractivity contribution in [3.63, 3.8) is 0 Å². The van der Waals surface area contributed by atoms with Gasteiger partial charge in [0.2, 0.25) is 0 Å². The molecule has 0 spiro atoms. The minimum Gasteiger partial charge on any atom is -0.351 e. The number of hydrogen-bond donors (Lipinski definition) is 2. The number of nitro groups is 1. The van der Waals surface area contributed by atoms with Crippen molar-refractivity contribution in [1.82, 2.24) is 4.98 Å². The number of nitrogens with zero attached hydrogens (tertiary/aromatic N) is 1. The third-order valence-electron chi connectivity index (χ3n) is 2.45. The normalized spacial score (nSPS) is 10.2. The fraction of sp³-hybridized carbons (Fsp3) is 0.0833. The maximum absolute atomic E-state index is 11.9. The summed E-state index contributed by atoms with van der Waals surface area (Å²) >= 11 is 1.57. The Labute approximate surface area is 113 Å². The topological polar surface area (TPSA) is 88.0 Å². The Morgan fingerprint density at radius 2 is 2.21 bits per heavy atom. The summed E-state index contributed by atoms with van der Waals surface area (Å²) < 4.78 is 0. The van der Waals surface area contributed by atoms with Crippen molar-refractivity contribution in [1.29, 1.82) is 0 Å². The average Bonchev–Trinajstić information content (AvgIpc) is 2.89. The Hall–Kier alpha value is -2.28. The fourth-order valence-electron chi connectivity index (χ4n) is 1.52. The van der Waals surface area contributed by atoms with E-state index in [1.54, 1.807) is 17.8 Å². The summed E-state index contributed by atoms with van der Waals surface area (Å²) in [6, 6.07) is 8.56. The largest absolute Gasteiger partial charge is 0.351 e. The first-order chi connectivity index (χ1) is 9.10. The van der Waals surface area contributed by atoms with Crippen LogP contribution in [-0.2, 0) is 0 Å². The zero-order chi connectivity index (χ0) is 13.8. The second kappa shape index (κ2) is 5.57. The van der Waals surface area contributed by atoms with E-state index in [-0.39, 0.29) is 11.4 Å². The van der Waals surface area contributed by atoms with Crippen molar-refractivity contribution in [2.75, 3.05) is 11.6 Å². The summed E-state index contributed by atoms with van der Waals surface area (Å²) in [4.78, 5) is 25.5. The number of amides is 1. The highest BCUT2D eigenvalue weighted by atomic mass is 32.2.